The molecule has 1 heterocycles. The van der Waals surface area contributed by atoms with E-state index in [0.717, 1.165) is 44.1 Å². The second kappa shape index (κ2) is 7.17. The molecule has 0 fully saturated rings. The van der Waals surface area contributed by atoms with Gasteiger partial charge in [0.25, 0.3) is 0 Å². The Morgan fingerprint density at radius 3 is 2.80 bits per heavy atom. The van der Waals surface area contributed by atoms with E-state index in [0.29, 0.717) is 0 Å². The van der Waals surface area contributed by atoms with Crippen LogP contribution in [0.2, 0.25) is 0 Å². The van der Waals surface area contributed by atoms with Crippen LogP contribution < -0.4 is 5.32 Å². The minimum absolute atomic E-state index is 0.806. The van der Waals surface area contributed by atoms with E-state index in [2.05, 4.69) is 22.2 Å². The first-order valence-electron chi connectivity index (χ1n) is 5.43. The lowest BCUT2D eigenvalue weighted by atomic mass is 10.4. The number of aryl methyl sites for hydroxylation is 1. The lowest BCUT2D eigenvalue weighted by Crippen LogP contribution is -2.08. The van der Waals surface area contributed by atoms with Gasteiger partial charge in [-0.25, -0.2) is 4.98 Å². The van der Waals surface area contributed by atoms with Crippen molar-refractivity contribution in [3.05, 3.63) is 18.1 Å². The van der Waals surface area contributed by atoms with E-state index < -0.39 is 0 Å². The molecule has 1 rings (SSSR count). The molecule has 0 spiro atoms. The topological polar surface area (TPSA) is 47.0 Å². The normalized spacial score (nSPS) is 10.3. The van der Waals surface area contributed by atoms with Crippen LogP contribution in [0.5, 0.6) is 0 Å². The Balaban J connectivity index is 2.12. The van der Waals surface area contributed by atoms with Crippen LogP contribution in [0.1, 0.15) is 25.5 Å². The van der Waals surface area contributed by atoms with Crippen LogP contribution in [0.15, 0.2) is 12.4 Å². The van der Waals surface area contributed by atoms with Crippen molar-refractivity contribution < 1.29 is 4.74 Å². The molecule has 0 radical (unpaired) electrons. The van der Waals surface area contributed by atoms with E-state index in [-0.39, 0.29) is 0 Å². The molecule has 0 aliphatic carbocycles. The molecule has 4 heteroatoms. The van der Waals surface area contributed by atoms with Gasteiger partial charge in [-0.2, -0.15) is 0 Å². The number of anilines is 1. The van der Waals surface area contributed by atoms with Crippen LogP contribution in [0.4, 0.5) is 5.82 Å². The first-order chi connectivity index (χ1) is 7.34. The minimum atomic E-state index is 0.806. The SMILES string of the molecule is CCCOCCCNc1nccnc1C. The molecule has 1 aromatic heterocycles. The third kappa shape index (κ3) is 4.74. The van der Waals surface area contributed by atoms with E-state index >= 15 is 0 Å². The first kappa shape index (κ1) is 11.9. The fraction of sp³-hybridized carbons (Fsp3) is 0.636. The largest absolute Gasteiger partial charge is 0.381 e. The Morgan fingerprint density at radius 2 is 2.07 bits per heavy atom. The molecule has 0 saturated heterocycles. The van der Waals surface area contributed by atoms with Crippen LogP contribution in [0.3, 0.4) is 0 Å². The smallest absolute Gasteiger partial charge is 0.147 e. The monoisotopic (exact) mass is 209 g/mol. The molecular weight excluding hydrogens is 190 g/mol. The van der Waals surface area contributed by atoms with Gasteiger partial charge in [-0.3, -0.25) is 4.98 Å². The van der Waals surface area contributed by atoms with Gasteiger partial charge in [0.15, 0.2) is 0 Å². The van der Waals surface area contributed by atoms with Crippen molar-refractivity contribution in [2.45, 2.75) is 26.7 Å². The number of nitrogens with one attached hydrogen (secondary N) is 1. The maximum Gasteiger partial charge on any atom is 0.147 e. The molecule has 1 N–H and O–H groups in total. The van der Waals surface area contributed by atoms with Crippen LogP contribution >= 0.6 is 0 Å². The van der Waals surface area contributed by atoms with Crippen LogP contribution in [0, 0.1) is 6.92 Å². The number of rotatable bonds is 7. The van der Waals surface area contributed by atoms with Gasteiger partial charge in [0.2, 0.25) is 0 Å². The summed E-state index contributed by atoms with van der Waals surface area (Å²) < 4.78 is 5.37. The molecule has 0 unspecified atom stereocenters. The molecule has 4 nitrogen and oxygen atoms in total. The summed E-state index contributed by atoms with van der Waals surface area (Å²) in [5.74, 6) is 0.869. The maximum absolute atomic E-state index is 5.37. The fourth-order valence-electron chi connectivity index (χ4n) is 1.21. The number of aromatic nitrogens is 2. The highest BCUT2D eigenvalue weighted by molar-refractivity contribution is 5.37. The Hall–Kier alpha value is -1.16. The summed E-state index contributed by atoms with van der Waals surface area (Å²) >= 11 is 0. The lowest BCUT2D eigenvalue weighted by Gasteiger charge is -2.07. The van der Waals surface area contributed by atoms with E-state index in [4.69, 9.17) is 4.74 Å². The van der Waals surface area contributed by atoms with Crippen molar-refractivity contribution in [1.82, 2.24) is 9.97 Å². The molecule has 0 aliphatic heterocycles. The van der Waals surface area contributed by atoms with Gasteiger partial charge < -0.3 is 10.1 Å². The second-order valence-corrected chi connectivity index (χ2v) is 3.38. The average Bonchev–Trinajstić information content (AvgIpc) is 2.25. The first-order valence-corrected chi connectivity index (χ1v) is 5.43. The van der Waals surface area contributed by atoms with Gasteiger partial charge in [-0.15, -0.1) is 0 Å². The van der Waals surface area contributed by atoms with Crippen LogP contribution in [0.25, 0.3) is 0 Å². The van der Waals surface area contributed by atoms with E-state index in [1.54, 1.807) is 12.4 Å². The fourth-order valence-corrected chi connectivity index (χ4v) is 1.21. The van der Waals surface area contributed by atoms with Crippen molar-refractivity contribution in [2.75, 3.05) is 25.1 Å². The number of ether oxygens (including phenoxy) is 1. The molecule has 0 amide bonds. The Labute approximate surface area is 91.1 Å². The zero-order valence-corrected chi connectivity index (χ0v) is 9.49. The van der Waals surface area contributed by atoms with Gasteiger partial charge in [0.1, 0.15) is 5.82 Å². The van der Waals surface area contributed by atoms with E-state index in [1.807, 2.05) is 6.92 Å². The molecule has 84 valence electrons. The summed E-state index contributed by atoms with van der Waals surface area (Å²) in [5.41, 5.74) is 0.937. The van der Waals surface area contributed by atoms with Crippen LogP contribution in [-0.4, -0.2) is 29.7 Å². The van der Waals surface area contributed by atoms with E-state index in [9.17, 15) is 0 Å². The molecule has 0 saturated carbocycles. The zero-order chi connectivity index (χ0) is 10.9. The van der Waals surface area contributed by atoms with Gasteiger partial charge in [-0.05, 0) is 19.8 Å². The Morgan fingerprint density at radius 1 is 1.27 bits per heavy atom. The summed E-state index contributed by atoms with van der Waals surface area (Å²) in [6.45, 7) is 6.59. The van der Waals surface area contributed by atoms with Gasteiger partial charge >= 0.3 is 0 Å². The number of nitrogens with zero attached hydrogens (tertiary/aromatic N) is 2. The minimum Gasteiger partial charge on any atom is -0.381 e. The van der Waals surface area contributed by atoms with Crippen molar-refractivity contribution in [3.63, 3.8) is 0 Å². The lowest BCUT2D eigenvalue weighted by molar-refractivity contribution is 0.134. The Bertz CT molecular complexity index is 278. The maximum atomic E-state index is 5.37. The molecule has 0 aliphatic rings. The predicted molar refractivity (Wildman–Crippen MR) is 61.0 cm³/mol. The molecule has 15 heavy (non-hydrogen) atoms. The van der Waals surface area contributed by atoms with Gasteiger partial charge in [-0.1, -0.05) is 6.92 Å². The molecule has 0 aromatic carbocycles. The molecule has 0 bridgehead atoms. The molecule has 1 aromatic rings. The van der Waals surface area contributed by atoms with Crippen molar-refractivity contribution in [1.29, 1.82) is 0 Å². The third-order valence-electron chi connectivity index (χ3n) is 1.99. The second-order valence-electron chi connectivity index (χ2n) is 3.38. The standard InChI is InChI=1S/C11H19N3O/c1-3-8-15-9-4-5-13-11-10(2)12-6-7-14-11/h6-7H,3-5,8-9H2,1-2H3,(H,13,14). The quantitative estimate of drug-likeness (QED) is 0.698. The summed E-state index contributed by atoms with van der Waals surface area (Å²) in [4.78, 5) is 8.35. The average molecular weight is 209 g/mol. The third-order valence-corrected chi connectivity index (χ3v) is 1.99. The van der Waals surface area contributed by atoms with Crippen molar-refractivity contribution >= 4 is 5.82 Å². The highest BCUT2D eigenvalue weighted by atomic mass is 16.5. The molecule has 0 atom stereocenters. The zero-order valence-electron chi connectivity index (χ0n) is 9.49. The number of hydrogen-bond acceptors (Lipinski definition) is 4. The highest BCUT2D eigenvalue weighted by Gasteiger charge is 1.97. The summed E-state index contributed by atoms with van der Waals surface area (Å²) in [6.07, 6.45) is 5.47. The molecular formula is C11H19N3O. The Kier molecular flexibility index (Phi) is 5.70. The predicted octanol–water partition coefficient (Wildman–Crippen LogP) is 2.01. The van der Waals surface area contributed by atoms with Crippen LogP contribution in [-0.2, 0) is 4.74 Å². The summed E-state index contributed by atoms with van der Waals surface area (Å²) in [6, 6.07) is 0. The van der Waals surface area contributed by atoms with Gasteiger partial charge in [0, 0.05) is 32.2 Å². The summed E-state index contributed by atoms with van der Waals surface area (Å²) in [5, 5.41) is 3.24. The highest BCUT2D eigenvalue weighted by Crippen LogP contribution is 2.05. The number of hydrogen-bond donors (Lipinski definition) is 1. The summed E-state index contributed by atoms with van der Waals surface area (Å²) in [7, 11) is 0. The van der Waals surface area contributed by atoms with E-state index in [1.165, 1.54) is 0 Å². The van der Waals surface area contributed by atoms with Crippen molar-refractivity contribution in [2.24, 2.45) is 0 Å². The van der Waals surface area contributed by atoms with Gasteiger partial charge in [0.05, 0.1) is 5.69 Å². The van der Waals surface area contributed by atoms with Crippen molar-refractivity contribution in [3.8, 4) is 0 Å².